The molecule has 2 N–H and O–H groups in total. The number of benzene rings is 2. The van der Waals surface area contributed by atoms with Crippen LogP contribution in [-0.2, 0) is 4.79 Å². The Labute approximate surface area is 173 Å². The molecule has 0 unspecified atom stereocenters. The van der Waals surface area contributed by atoms with Crippen molar-refractivity contribution >= 4 is 29.0 Å². The molecule has 1 aromatic heterocycles. The predicted molar refractivity (Wildman–Crippen MR) is 111 cm³/mol. The Balaban J connectivity index is 1.59. The smallest absolute Gasteiger partial charge is 0.259 e. The first-order valence-electron chi connectivity index (χ1n) is 9.38. The number of halogens is 1. The molecule has 1 heterocycles. The molecule has 0 bridgehead atoms. The minimum atomic E-state index is -0.642. The van der Waals surface area contributed by atoms with Gasteiger partial charge in [-0.3, -0.25) is 14.4 Å². The van der Waals surface area contributed by atoms with Crippen molar-refractivity contribution in [2.24, 2.45) is 0 Å². The maximum atomic E-state index is 14.1. The molecule has 0 aliphatic rings. The summed E-state index contributed by atoms with van der Waals surface area (Å²) in [5.74, 6) is -1.27. The SMILES string of the molecule is Cc1ccc(C(=O)CCC(=O)Nc2ccc(F)c(NC(=O)c3ccoc3C)c2)cc1. The Hall–Kier alpha value is -3.74. The summed E-state index contributed by atoms with van der Waals surface area (Å²) in [6, 6.07) is 12.5. The van der Waals surface area contributed by atoms with Gasteiger partial charge in [-0.2, -0.15) is 0 Å². The summed E-state index contributed by atoms with van der Waals surface area (Å²) in [5, 5.41) is 5.08. The third kappa shape index (κ3) is 5.20. The lowest BCUT2D eigenvalue weighted by Gasteiger charge is -2.10. The number of aryl methyl sites for hydroxylation is 2. The third-order valence-corrected chi connectivity index (χ3v) is 4.55. The van der Waals surface area contributed by atoms with Crippen molar-refractivity contribution in [2.75, 3.05) is 10.6 Å². The number of furan rings is 1. The lowest BCUT2D eigenvalue weighted by molar-refractivity contribution is -0.116. The van der Waals surface area contributed by atoms with Crippen molar-refractivity contribution in [3.63, 3.8) is 0 Å². The van der Waals surface area contributed by atoms with Crippen LogP contribution < -0.4 is 10.6 Å². The van der Waals surface area contributed by atoms with Crippen molar-refractivity contribution in [3.8, 4) is 0 Å². The van der Waals surface area contributed by atoms with Crippen LogP contribution >= 0.6 is 0 Å². The van der Waals surface area contributed by atoms with Crippen LogP contribution in [0.5, 0.6) is 0 Å². The summed E-state index contributed by atoms with van der Waals surface area (Å²) < 4.78 is 19.2. The molecule has 0 aliphatic heterocycles. The van der Waals surface area contributed by atoms with E-state index >= 15 is 0 Å². The summed E-state index contributed by atoms with van der Waals surface area (Å²) in [5.41, 5.74) is 2.12. The first kappa shape index (κ1) is 21.0. The zero-order chi connectivity index (χ0) is 21.7. The van der Waals surface area contributed by atoms with E-state index in [9.17, 15) is 18.8 Å². The highest BCUT2D eigenvalue weighted by Crippen LogP contribution is 2.22. The molecule has 0 spiro atoms. The fourth-order valence-electron chi connectivity index (χ4n) is 2.84. The molecular formula is C23H21FN2O4. The van der Waals surface area contributed by atoms with Gasteiger partial charge in [0.25, 0.3) is 5.91 Å². The van der Waals surface area contributed by atoms with Gasteiger partial charge in [0.05, 0.1) is 17.5 Å². The van der Waals surface area contributed by atoms with Crippen LogP contribution in [0.3, 0.4) is 0 Å². The molecule has 3 rings (SSSR count). The molecule has 2 amide bonds. The number of carbonyl (C=O) groups is 3. The van der Waals surface area contributed by atoms with E-state index in [2.05, 4.69) is 10.6 Å². The first-order valence-corrected chi connectivity index (χ1v) is 9.38. The zero-order valence-electron chi connectivity index (χ0n) is 16.6. The van der Waals surface area contributed by atoms with E-state index in [0.717, 1.165) is 11.6 Å². The number of hydrogen-bond donors (Lipinski definition) is 2. The number of amides is 2. The number of nitrogens with one attached hydrogen (secondary N) is 2. The first-order chi connectivity index (χ1) is 14.3. The van der Waals surface area contributed by atoms with Gasteiger partial charge in [0.15, 0.2) is 5.78 Å². The molecule has 2 aromatic carbocycles. The molecule has 0 atom stereocenters. The fourth-order valence-corrected chi connectivity index (χ4v) is 2.84. The topological polar surface area (TPSA) is 88.4 Å². The van der Waals surface area contributed by atoms with Gasteiger partial charge in [-0.25, -0.2) is 4.39 Å². The summed E-state index contributed by atoms with van der Waals surface area (Å²) in [6.07, 6.45) is 1.41. The summed E-state index contributed by atoms with van der Waals surface area (Å²) in [7, 11) is 0. The molecule has 0 saturated carbocycles. The van der Waals surface area contributed by atoms with Crippen LogP contribution in [-0.4, -0.2) is 17.6 Å². The normalized spacial score (nSPS) is 10.5. The quantitative estimate of drug-likeness (QED) is 0.545. The molecule has 0 aliphatic carbocycles. The van der Waals surface area contributed by atoms with Gasteiger partial charge in [-0.1, -0.05) is 29.8 Å². The monoisotopic (exact) mass is 408 g/mol. The second kappa shape index (κ2) is 9.17. The van der Waals surface area contributed by atoms with E-state index < -0.39 is 11.7 Å². The summed E-state index contributed by atoms with van der Waals surface area (Å²) in [6.45, 7) is 3.55. The van der Waals surface area contributed by atoms with Gasteiger partial charge in [0, 0.05) is 24.1 Å². The van der Waals surface area contributed by atoms with E-state index in [1.54, 1.807) is 19.1 Å². The number of rotatable bonds is 7. The summed E-state index contributed by atoms with van der Waals surface area (Å²) in [4.78, 5) is 36.6. The molecule has 30 heavy (non-hydrogen) atoms. The number of Topliss-reactive ketones (excluding diaryl/α,β-unsaturated/α-hetero) is 1. The highest BCUT2D eigenvalue weighted by molar-refractivity contribution is 6.05. The second-order valence-corrected chi connectivity index (χ2v) is 6.88. The Bertz CT molecular complexity index is 1090. The van der Waals surface area contributed by atoms with Gasteiger partial charge in [-0.15, -0.1) is 0 Å². The maximum Gasteiger partial charge on any atom is 0.259 e. The van der Waals surface area contributed by atoms with Crippen LogP contribution in [0.4, 0.5) is 15.8 Å². The van der Waals surface area contributed by atoms with Gasteiger partial charge >= 0.3 is 0 Å². The zero-order valence-corrected chi connectivity index (χ0v) is 16.6. The Morgan fingerprint density at radius 3 is 2.33 bits per heavy atom. The van der Waals surface area contributed by atoms with E-state index in [1.807, 2.05) is 19.1 Å². The number of hydrogen-bond acceptors (Lipinski definition) is 4. The molecule has 154 valence electrons. The number of ketones is 1. The Kier molecular flexibility index (Phi) is 6.41. The van der Waals surface area contributed by atoms with Crippen LogP contribution in [0.15, 0.2) is 59.2 Å². The largest absolute Gasteiger partial charge is 0.469 e. The molecule has 0 radical (unpaired) electrons. The molecular weight excluding hydrogens is 387 g/mol. The van der Waals surface area contributed by atoms with E-state index in [1.165, 1.54) is 24.5 Å². The highest BCUT2D eigenvalue weighted by atomic mass is 19.1. The minimum Gasteiger partial charge on any atom is -0.469 e. The fraction of sp³-hybridized carbons (Fsp3) is 0.174. The van der Waals surface area contributed by atoms with E-state index in [0.29, 0.717) is 22.6 Å². The van der Waals surface area contributed by atoms with Crippen molar-refractivity contribution < 1.29 is 23.2 Å². The molecule has 6 nitrogen and oxygen atoms in total. The van der Waals surface area contributed by atoms with Crippen molar-refractivity contribution in [1.29, 1.82) is 0 Å². The number of anilines is 2. The Morgan fingerprint density at radius 2 is 1.67 bits per heavy atom. The average molecular weight is 408 g/mol. The van der Waals surface area contributed by atoms with Crippen molar-refractivity contribution in [1.82, 2.24) is 0 Å². The second-order valence-electron chi connectivity index (χ2n) is 6.88. The van der Waals surface area contributed by atoms with Gasteiger partial charge in [-0.05, 0) is 38.1 Å². The lowest BCUT2D eigenvalue weighted by Crippen LogP contribution is -2.15. The van der Waals surface area contributed by atoms with Crippen molar-refractivity contribution in [3.05, 3.63) is 83.1 Å². The molecule has 0 saturated heterocycles. The van der Waals surface area contributed by atoms with Crippen LogP contribution in [0.1, 0.15) is 44.9 Å². The van der Waals surface area contributed by atoms with E-state index in [-0.39, 0.29) is 30.2 Å². The van der Waals surface area contributed by atoms with Crippen molar-refractivity contribution in [2.45, 2.75) is 26.7 Å². The standard InChI is InChI=1S/C23H21FN2O4/c1-14-3-5-16(6-4-14)21(27)9-10-22(28)25-17-7-8-19(24)20(13-17)26-23(29)18-11-12-30-15(18)2/h3-8,11-13H,9-10H2,1-2H3,(H,25,28)(H,26,29). The van der Waals surface area contributed by atoms with Gasteiger partial charge < -0.3 is 15.1 Å². The minimum absolute atomic E-state index is 0.0139. The van der Waals surface area contributed by atoms with Crippen LogP contribution in [0.2, 0.25) is 0 Å². The number of carbonyl (C=O) groups excluding carboxylic acids is 3. The van der Waals surface area contributed by atoms with Gasteiger partial charge in [0.1, 0.15) is 11.6 Å². The Morgan fingerprint density at radius 1 is 0.933 bits per heavy atom. The van der Waals surface area contributed by atoms with Gasteiger partial charge in [0.2, 0.25) is 5.91 Å². The predicted octanol–water partition coefficient (Wildman–Crippen LogP) is 4.89. The highest BCUT2D eigenvalue weighted by Gasteiger charge is 2.15. The molecule has 0 fully saturated rings. The van der Waals surface area contributed by atoms with Crippen LogP contribution in [0, 0.1) is 19.7 Å². The average Bonchev–Trinajstić information content (AvgIpc) is 3.15. The van der Waals surface area contributed by atoms with Crippen LogP contribution in [0.25, 0.3) is 0 Å². The molecule has 3 aromatic rings. The lowest BCUT2D eigenvalue weighted by atomic mass is 10.0. The van der Waals surface area contributed by atoms with E-state index in [4.69, 9.17) is 4.42 Å². The molecule has 7 heteroatoms. The maximum absolute atomic E-state index is 14.1. The third-order valence-electron chi connectivity index (χ3n) is 4.55. The summed E-state index contributed by atoms with van der Waals surface area (Å²) >= 11 is 0.